The van der Waals surface area contributed by atoms with Crippen LogP contribution in [0, 0.1) is 5.41 Å². The average molecular weight is 401 g/mol. The standard InChI is InChI=1S/C19H32O7Si/c1-7-22-17(20)19(18(21)23-8-2)12-15(6)16(13-19)14-27(24-9-3,25-10-4)26-11-5/h14H,6-13H2,1-5H3/b16-14-. The zero-order chi connectivity index (χ0) is 20.5. The Hall–Kier alpha value is -1.48. The van der Waals surface area contributed by atoms with Crippen molar-refractivity contribution in [3.8, 4) is 0 Å². The van der Waals surface area contributed by atoms with E-state index in [-0.39, 0.29) is 26.1 Å². The first-order valence-corrected chi connectivity index (χ1v) is 11.3. The van der Waals surface area contributed by atoms with Crippen molar-refractivity contribution in [1.82, 2.24) is 0 Å². The third kappa shape index (κ3) is 5.51. The van der Waals surface area contributed by atoms with Crippen molar-refractivity contribution in [1.29, 1.82) is 0 Å². The third-order valence-corrected chi connectivity index (χ3v) is 6.96. The van der Waals surface area contributed by atoms with Gasteiger partial charge in [-0.15, -0.1) is 0 Å². The van der Waals surface area contributed by atoms with E-state index in [1.807, 2.05) is 20.8 Å². The smallest absolute Gasteiger partial charge is 0.465 e. The minimum atomic E-state index is -3.10. The molecule has 0 aromatic heterocycles. The fraction of sp³-hybridized carbons (Fsp3) is 0.684. The van der Waals surface area contributed by atoms with E-state index in [1.165, 1.54) is 0 Å². The van der Waals surface area contributed by atoms with E-state index in [0.717, 1.165) is 5.57 Å². The Labute approximate surface area is 163 Å². The van der Waals surface area contributed by atoms with Gasteiger partial charge in [0.25, 0.3) is 0 Å². The highest BCUT2D eigenvalue weighted by molar-refractivity contribution is 6.66. The maximum absolute atomic E-state index is 12.6. The van der Waals surface area contributed by atoms with Crippen LogP contribution in [0.1, 0.15) is 47.5 Å². The van der Waals surface area contributed by atoms with Gasteiger partial charge in [-0.1, -0.05) is 12.2 Å². The molecule has 0 spiro atoms. The fourth-order valence-electron chi connectivity index (χ4n) is 3.12. The van der Waals surface area contributed by atoms with E-state index >= 15 is 0 Å². The summed E-state index contributed by atoms with van der Waals surface area (Å²) < 4.78 is 27.9. The maximum atomic E-state index is 12.6. The lowest BCUT2D eigenvalue weighted by molar-refractivity contribution is -0.171. The van der Waals surface area contributed by atoms with Crippen molar-refractivity contribution in [2.45, 2.75) is 47.5 Å². The molecule has 8 heteroatoms. The molecule has 1 aliphatic rings. The molecule has 0 bridgehead atoms. The van der Waals surface area contributed by atoms with Gasteiger partial charge in [0.2, 0.25) is 0 Å². The van der Waals surface area contributed by atoms with E-state index < -0.39 is 26.2 Å². The molecule has 0 unspecified atom stereocenters. The highest BCUT2D eigenvalue weighted by Gasteiger charge is 2.55. The number of esters is 2. The zero-order valence-electron chi connectivity index (χ0n) is 17.1. The lowest BCUT2D eigenvalue weighted by Gasteiger charge is -2.26. The van der Waals surface area contributed by atoms with Gasteiger partial charge in [-0.2, -0.15) is 0 Å². The monoisotopic (exact) mass is 400 g/mol. The Balaban J connectivity index is 3.32. The molecule has 0 aromatic rings. The first-order chi connectivity index (χ1) is 12.8. The van der Waals surface area contributed by atoms with Crippen LogP contribution in [0.15, 0.2) is 23.4 Å². The van der Waals surface area contributed by atoms with Crippen LogP contribution in [0.25, 0.3) is 0 Å². The topological polar surface area (TPSA) is 80.3 Å². The van der Waals surface area contributed by atoms with Crippen molar-refractivity contribution in [2.75, 3.05) is 33.0 Å². The minimum absolute atomic E-state index is 0.130. The number of allylic oxidation sites excluding steroid dienone is 2. The summed E-state index contributed by atoms with van der Waals surface area (Å²) in [6.45, 7) is 14.7. The molecule has 27 heavy (non-hydrogen) atoms. The van der Waals surface area contributed by atoms with Crippen LogP contribution in [0.5, 0.6) is 0 Å². The summed E-state index contributed by atoms with van der Waals surface area (Å²) >= 11 is 0. The molecule has 0 aromatic carbocycles. The molecule has 0 heterocycles. The molecule has 1 rings (SSSR count). The Morgan fingerprint density at radius 2 is 1.33 bits per heavy atom. The van der Waals surface area contributed by atoms with Crippen molar-refractivity contribution in [2.24, 2.45) is 5.41 Å². The quantitative estimate of drug-likeness (QED) is 0.300. The van der Waals surface area contributed by atoms with Crippen molar-refractivity contribution >= 4 is 20.7 Å². The lowest BCUT2D eigenvalue weighted by atomic mass is 9.86. The summed E-state index contributed by atoms with van der Waals surface area (Å²) in [4.78, 5) is 25.3. The van der Waals surface area contributed by atoms with Gasteiger partial charge in [-0.05, 0) is 58.7 Å². The zero-order valence-corrected chi connectivity index (χ0v) is 18.1. The summed E-state index contributed by atoms with van der Waals surface area (Å²) in [5, 5.41) is 0. The van der Waals surface area contributed by atoms with E-state index in [9.17, 15) is 9.59 Å². The average Bonchev–Trinajstić information content (AvgIpc) is 2.94. The maximum Gasteiger partial charge on any atom is 0.529 e. The van der Waals surface area contributed by atoms with Gasteiger partial charge in [-0.3, -0.25) is 9.59 Å². The Morgan fingerprint density at radius 1 is 0.889 bits per heavy atom. The molecular weight excluding hydrogens is 368 g/mol. The fourth-order valence-corrected chi connectivity index (χ4v) is 5.56. The SMILES string of the molecule is C=C1CC(C(=O)OCC)(C(=O)OCC)C/C1=C/[Si](OCC)(OCC)OCC. The van der Waals surface area contributed by atoms with E-state index in [0.29, 0.717) is 25.4 Å². The minimum Gasteiger partial charge on any atom is -0.465 e. The second-order valence-electron chi connectivity index (χ2n) is 6.05. The number of hydrogen-bond donors (Lipinski definition) is 0. The van der Waals surface area contributed by atoms with Gasteiger partial charge in [0.1, 0.15) is 0 Å². The first kappa shape index (κ1) is 23.6. The third-order valence-electron chi connectivity index (χ3n) is 4.18. The van der Waals surface area contributed by atoms with E-state index in [2.05, 4.69) is 6.58 Å². The molecule has 1 aliphatic carbocycles. The molecule has 154 valence electrons. The second-order valence-corrected chi connectivity index (χ2v) is 8.41. The summed E-state index contributed by atoms with van der Waals surface area (Å²) in [5.41, 5.74) is 1.76. The van der Waals surface area contributed by atoms with E-state index in [1.54, 1.807) is 19.5 Å². The molecule has 1 saturated carbocycles. The number of ether oxygens (including phenoxy) is 2. The van der Waals surface area contributed by atoms with Gasteiger partial charge >= 0.3 is 20.7 Å². The van der Waals surface area contributed by atoms with Gasteiger partial charge in [-0.25, -0.2) is 0 Å². The van der Waals surface area contributed by atoms with Crippen LogP contribution in [0.3, 0.4) is 0 Å². The predicted octanol–water partition coefficient (Wildman–Crippen LogP) is 2.96. The molecular formula is C19H32O7Si. The van der Waals surface area contributed by atoms with Crippen LogP contribution in [-0.4, -0.2) is 53.8 Å². The number of hydrogen-bond acceptors (Lipinski definition) is 7. The number of rotatable bonds is 11. The Bertz CT molecular complexity index is 535. The van der Waals surface area contributed by atoms with Crippen LogP contribution in [0.2, 0.25) is 0 Å². The molecule has 0 amide bonds. The normalized spacial score (nSPS) is 18.0. The van der Waals surface area contributed by atoms with Crippen LogP contribution in [0.4, 0.5) is 0 Å². The molecule has 0 saturated heterocycles. The van der Waals surface area contributed by atoms with Gasteiger partial charge in [0.15, 0.2) is 5.41 Å². The van der Waals surface area contributed by atoms with Crippen LogP contribution in [-0.2, 0) is 32.3 Å². The Morgan fingerprint density at radius 3 is 1.70 bits per heavy atom. The summed E-state index contributed by atoms with van der Waals surface area (Å²) in [5.74, 6) is -1.19. The van der Waals surface area contributed by atoms with Gasteiger partial charge in [0, 0.05) is 19.8 Å². The first-order valence-electron chi connectivity index (χ1n) is 9.50. The van der Waals surface area contributed by atoms with Crippen LogP contribution < -0.4 is 0 Å². The highest BCUT2D eigenvalue weighted by Crippen LogP contribution is 2.47. The molecule has 7 nitrogen and oxygen atoms in total. The molecule has 0 N–H and O–H groups in total. The van der Waals surface area contributed by atoms with Gasteiger partial charge in [0.05, 0.1) is 13.2 Å². The van der Waals surface area contributed by atoms with Crippen molar-refractivity contribution in [3.05, 3.63) is 23.4 Å². The van der Waals surface area contributed by atoms with Crippen molar-refractivity contribution < 1.29 is 32.3 Å². The lowest BCUT2D eigenvalue weighted by Crippen LogP contribution is -2.45. The van der Waals surface area contributed by atoms with Crippen molar-refractivity contribution in [3.63, 3.8) is 0 Å². The number of carbonyl (C=O) groups is 2. The second kappa shape index (κ2) is 10.7. The summed E-state index contributed by atoms with van der Waals surface area (Å²) in [6, 6.07) is 0. The van der Waals surface area contributed by atoms with Gasteiger partial charge < -0.3 is 22.8 Å². The highest BCUT2D eigenvalue weighted by atomic mass is 28.4. The number of carbonyl (C=O) groups excluding carboxylic acids is 2. The molecule has 1 fully saturated rings. The summed E-state index contributed by atoms with van der Waals surface area (Å²) in [6.07, 6.45) is 0.275. The van der Waals surface area contributed by atoms with Crippen LogP contribution >= 0.6 is 0 Å². The molecule has 0 radical (unpaired) electrons. The Kier molecular flexibility index (Phi) is 9.38. The summed E-state index contributed by atoms with van der Waals surface area (Å²) in [7, 11) is -3.10. The molecule has 0 atom stereocenters. The molecule has 0 aliphatic heterocycles. The largest absolute Gasteiger partial charge is 0.529 e. The predicted molar refractivity (Wildman–Crippen MR) is 103 cm³/mol. The van der Waals surface area contributed by atoms with E-state index in [4.69, 9.17) is 22.8 Å².